The van der Waals surface area contributed by atoms with Crippen molar-refractivity contribution in [3.05, 3.63) is 76.0 Å². The van der Waals surface area contributed by atoms with Crippen LogP contribution < -0.4 is 0 Å². The van der Waals surface area contributed by atoms with Crippen LogP contribution in [0.15, 0.2) is 36.4 Å². The Kier molecular flexibility index (Phi) is 4.66. The Bertz CT molecular complexity index is 1190. The van der Waals surface area contributed by atoms with Crippen LogP contribution in [-0.2, 0) is 24.2 Å². The highest BCUT2D eigenvalue weighted by atomic mass is 19.1. The van der Waals surface area contributed by atoms with Crippen molar-refractivity contribution in [2.24, 2.45) is 0 Å². The number of halogens is 2. The first-order valence-electron chi connectivity index (χ1n) is 10.4. The molecule has 1 N–H and O–H groups in total. The van der Waals surface area contributed by atoms with Gasteiger partial charge in [0.1, 0.15) is 17.7 Å². The first kappa shape index (κ1) is 19.9. The lowest BCUT2D eigenvalue weighted by Gasteiger charge is -2.28. The molecule has 3 aromatic rings. The second-order valence-corrected chi connectivity index (χ2v) is 8.45. The summed E-state index contributed by atoms with van der Waals surface area (Å²) < 4.78 is 30.1. The quantitative estimate of drug-likeness (QED) is 0.686. The zero-order valence-electron chi connectivity index (χ0n) is 17.4. The minimum atomic E-state index is -0.910. The Morgan fingerprint density at radius 2 is 1.90 bits per heavy atom. The average molecular weight is 423 g/mol. The summed E-state index contributed by atoms with van der Waals surface area (Å²) in [7, 11) is 0. The summed E-state index contributed by atoms with van der Waals surface area (Å²) in [5.41, 5.74) is 5.34. The highest BCUT2D eigenvalue weighted by Crippen LogP contribution is 2.40. The van der Waals surface area contributed by atoms with Gasteiger partial charge in [0.05, 0.1) is 11.8 Å². The van der Waals surface area contributed by atoms with Crippen LogP contribution in [0.3, 0.4) is 0 Å². The van der Waals surface area contributed by atoms with Gasteiger partial charge in [0.15, 0.2) is 0 Å². The number of carbonyl (C=O) groups excluding carboxylic acids is 1. The van der Waals surface area contributed by atoms with Gasteiger partial charge in [0.2, 0.25) is 5.91 Å². The number of benzene rings is 2. The Morgan fingerprint density at radius 3 is 2.61 bits per heavy atom. The maximum Gasteiger partial charge on any atom is 0.219 e. The van der Waals surface area contributed by atoms with E-state index in [0.29, 0.717) is 30.6 Å². The standard InChI is InChI=1S/C24H23F2N3O2/c1-13-3-5-15(6-4-13)23-19-12-28(14(2)30)8-7-21(19)29(27-23)24-18-9-16(25)10-20(26)17(18)11-22(24)31/h3-6,9-10,22,24,31H,7-8,11-12H2,1-2H3/t22-,24?/m1/s1. The summed E-state index contributed by atoms with van der Waals surface area (Å²) in [4.78, 5) is 13.8. The number of fused-ring (bicyclic) bond motifs is 2. The van der Waals surface area contributed by atoms with Gasteiger partial charge < -0.3 is 10.0 Å². The zero-order valence-corrected chi connectivity index (χ0v) is 17.4. The summed E-state index contributed by atoms with van der Waals surface area (Å²) in [5.74, 6) is -1.32. The molecule has 2 heterocycles. The van der Waals surface area contributed by atoms with Crippen molar-refractivity contribution in [2.75, 3.05) is 6.54 Å². The van der Waals surface area contributed by atoms with Gasteiger partial charge in [-0.15, -0.1) is 0 Å². The lowest BCUT2D eigenvalue weighted by Crippen LogP contribution is -2.35. The maximum absolute atomic E-state index is 14.4. The largest absolute Gasteiger partial charge is 0.390 e. The molecule has 0 spiro atoms. The molecule has 0 fully saturated rings. The molecule has 5 nitrogen and oxygen atoms in total. The average Bonchev–Trinajstić information content (AvgIpc) is 3.25. The van der Waals surface area contributed by atoms with Gasteiger partial charge in [-0.2, -0.15) is 5.10 Å². The Labute approximate surface area is 178 Å². The third-order valence-electron chi connectivity index (χ3n) is 6.41. The number of aliphatic hydroxyl groups excluding tert-OH is 1. The number of amides is 1. The molecule has 1 aliphatic heterocycles. The van der Waals surface area contributed by atoms with Gasteiger partial charge >= 0.3 is 0 Å². The smallest absolute Gasteiger partial charge is 0.219 e. The zero-order chi connectivity index (χ0) is 21.9. The number of nitrogens with zero attached hydrogens (tertiary/aromatic N) is 3. The van der Waals surface area contributed by atoms with Gasteiger partial charge in [0.25, 0.3) is 0 Å². The van der Waals surface area contributed by atoms with E-state index in [0.717, 1.165) is 34.1 Å². The molecular weight excluding hydrogens is 400 g/mol. The number of rotatable bonds is 2. The van der Waals surface area contributed by atoms with E-state index in [4.69, 9.17) is 5.10 Å². The topological polar surface area (TPSA) is 58.4 Å². The summed E-state index contributed by atoms with van der Waals surface area (Å²) in [6, 6.07) is 9.43. The molecule has 5 rings (SSSR count). The van der Waals surface area contributed by atoms with E-state index in [2.05, 4.69) is 0 Å². The monoisotopic (exact) mass is 423 g/mol. The maximum atomic E-state index is 14.4. The molecule has 1 unspecified atom stereocenters. The van der Waals surface area contributed by atoms with Crippen LogP contribution in [0.4, 0.5) is 8.78 Å². The number of hydrogen-bond acceptors (Lipinski definition) is 3. The number of aromatic nitrogens is 2. The summed E-state index contributed by atoms with van der Waals surface area (Å²) in [6.45, 7) is 4.50. The van der Waals surface area contributed by atoms with E-state index in [1.54, 1.807) is 16.5 Å². The van der Waals surface area contributed by atoms with E-state index in [9.17, 15) is 18.7 Å². The predicted molar refractivity (Wildman–Crippen MR) is 111 cm³/mol. The normalized spacial score (nSPS) is 20.0. The third-order valence-corrected chi connectivity index (χ3v) is 6.41. The van der Waals surface area contributed by atoms with Crippen LogP contribution in [0.5, 0.6) is 0 Å². The van der Waals surface area contributed by atoms with Gasteiger partial charge in [-0.05, 0) is 24.1 Å². The molecular formula is C24H23F2N3O2. The van der Waals surface area contributed by atoms with Crippen molar-refractivity contribution in [3.63, 3.8) is 0 Å². The van der Waals surface area contributed by atoms with Crippen molar-refractivity contribution in [1.29, 1.82) is 0 Å². The fourth-order valence-electron chi connectivity index (χ4n) is 4.81. The van der Waals surface area contributed by atoms with Crippen molar-refractivity contribution >= 4 is 5.91 Å². The predicted octanol–water partition coefficient (Wildman–Crippen LogP) is 3.55. The van der Waals surface area contributed by atoms with Crippen molar-refractivity contribution in [1.82, 2.24) is 14.7 Å². The van der Waals surface area contributed by atoms with E-state index >= 15 is 0 Å². The molecule has 2 atom stereocenters. The molecule has 31 heavy (non-hydrogen) atoms. The Balaban J connectivity index is 1.69. The molecule has 1 amide bonds. The summed E-state index contributed by atoms with van der Waals surface area (Å²) >= 11 is 0. The highest BCUT2D eigenvalue weighted by molar-refractivity contribution is 5.74. The fourth-order valence-corrected chi connectivity index (χ4v) is 4.81. The Morgan fingerprint density at radius 1 is 1.16 bits per heavy atom. The number of aryl methyl sites for hydroxylation is 1. The van der Waals surface area contributed by atoms with Crippen LogP contribution in [0.25, 0.3) is 11.3 Å². The van der Waals surface area contributed by atoms with Crippen LogP contribution >= 0.6 is 0 Å². The highest BCUT2D eigenvalue weighted by Gasteiger charge is 2.39. The molecule has 0 bridgehead atoms. The number of aliphatic hydroxyl groups is 1. The second-order valence-electron chi connectivity index (χ2n) is 8.45. The molecule has 0 radical (unpaired) electrons. The third kappa shape index (κ3) is 3.24. The van der Waals surface area contributed by atoms with Gasteiger partial charge in [-0.25, -0.2) is 8.78 Å². The van der Waals surface area contributed by atoms with Gasteiger partial charge in [0, 0.05) is 55.7 Å². The van der Waals surface area contributed by atoms with E-state index in [1.807, 2.05) is 31.2 Å². The summed E-state index contributed by atoms with van der Waals surface area (Å²) in [5, 5.41) is 15.7. The molecule has 2 aromatic carbocycles. The molecule has 2 aliphatic rings. The van der Waals surface area contributed by atoms with E-state index in [-0.39, 0.29) is 12.3 Å². The first-order valence-corrected chi connectivity index (χ1v) is 10.4. The Hall–Kier alpha value is -3.06. The molecule has 1 aromatic heterocycles. The molecule has 0 saturated carbocycles. The molecule has 7 heteroatoms. The lowest BCUT2D eigenvalue weighted by atomic mass is 9.99. The second kappa shape index (κ2) is 7.27. The molecule has 160 valence electrons. The molecule has 0 saturated heterocycles. The number of carbonyl (C=O) groups is 1. The van der Waals surface area contributed by atoms with Crippen LogP contribution in [0, 0.1) is 18.6 Å². The van der Waals surface area contributed by atoms with Crippen molar-refractivity contribution in [3.8, 4) is 11.3 Å². The van der Waals surface area contributed by atoms with Crippen LogP contribution in [0.1, 0.15) is 40.9 Å². The van der Waals surface area contributed by atoms with Crippen LogP contribution in [0.2, 0.25) is 0 Å². The fraction of sp³-hybridized carbons (Fsp3) is 0.333. The van der Waals surface area contributed by atoms with E-state index < -0.39 is 23.8 Å². The lowest BCUT2D eigenvalue weighted by molar-refractivity contribution is -0.129. The van der Waals surface area contributed by atoms with Gasteiger partial charge in [-0.3, -0.25) is 9.48 Å². The van der Waals surface area contributed by atoms with Crippen molar-refractivity contribution in [2.45, 2.75) is 45.4 Å². The first-order chi connectivity index (χ1) is 14.8. The minimum absolute atomic E-state index is 0.0105. The number of hydrogen-bond donors (Lipinski definition) is 1. The molecule has 1 aliphatic carbocycles. The minimum Gasteiger partial charge on any atom is -0.390 e. The SMILES string of the molecule is CC(=O)N1CCc2c(c(-c3ccc(C)cc3)nn2C2c3cc(F)cc(F)c3C[C@H]2O)C1. The van der Waals surface area contributed by atoms with Crippen molar-refractivity contribution < 1.29 is 18.7 Å². The van der Waals surface area contributed by atoms with E-state index in [1.165, 1.54) is 6.07 Å². The van der Waals surface area contributed by atoms with Crippen LogP contribution in [-0.4, -0.2) is 38.3 Å². The van der Waals surface area contributed by atoms with Gasteiger partial charge in [-0.1, -0.05) is 29.8 Å². The summed E-state index contributed by atoms with van der Waals surface area (Å²) in [6.07, 6.45) is -0.239.